The number of nitrogens with one attached hydrogen (secondary N) is 2. The van der Waals surface area contributed by atoms with Crippen molar-refractivity contribution in [1.29, 1.82) is 0 Å². The second-order valence-corrected chi connectivity index (χ2v) is 7.42. The minimum Gasteiger partial charge on any atom is -0.384 e. The molecule has 0 aliphatic carbocycles. The molecule has 3 aromatic heterocycles. The summed E-state index contributed by atoms with van der Waals surface area (Å²) in [6.07, 6.45) is 1.04. The molecule has 0 atom stereocenters. The SMILES string of the molecule is Cc1nc2c(-c3cc4ccc(CCN5CCOCC5)cc4[nH]3)cc(N)nc2[nH]1. The zero-order valence-corrected chi connectivity index (χ0v) is 16.0. The molecule has 4 N–H and O–H groups in total. The largest absolute Gasteiger partial charge is 0.384 e. The van der Waals surface area contributed by atoms with Crippen LogP contribution in [-0.2, 0) is 11.2 Å². The standard InChI is InChI=1S/C21H24N6O/c1-13-23-20-16(12-19(22)26-21(20)24-13)18-11-15-3-2-14(10-17(15)25-18)4-5-27-6-8-28-9-7-27/h2-3,10-12,25H,4-9H2,1H3,(H3,22,23,24,26). The summed E-state index contributed by atoms with van der Waals surface area (Å²) >= 11 is 0. The molecule has 4 heterocycles. The number of morpholine rings is 1. The van der Waals surface area contributed by atoms with Gasteiger partial charge < -0.3 is 20.4 Å². The van der Waals surface area contributed by atoms with Gasteiger partial charge in [0.15, 0.2) is 5.65 Å². The van der Waals surface area contributed by atoms with Gasteiger partial charge in [0, 0.05) is 41.8 Å². The van der Waals surface area contributed by atoms with Gasteiger partial charge in [0.05, 0.1) is 13.2 Å². The van der Waals surface area contributed by atoms with E-state index in [2.05, 4.69) is 49.1 Å². The Morgan fingerprint density at radius 3 is 2.82 bits per heavy atom. The summed E-state index contributed by atoms with van der Waals surface area (Å²) in [5.41, 5.74) is 12.0. The Kier molecular flexibility index (Phi) is 4.26. The van der Waals surface area contributed by atoms with Crippen LogP contribution < -0.4 is 5.73 Å². The number of rotatable bonds is 4. The number of hydrogen-bond donors (Lipinski definition) is 3. The van der Waals surface area contributed by atoms with E-state index < -0.39 is 0 Å². The number of ether oxygens (including phenoxy) is 1. The van der Waals surface area contributed by atoms with Crippen LogP contribution in [0.2, 0.25) is 0 Å². The summed E-state index contributed by atoms with van der Waals surface area (Å²) in [5, 5.41) is 1.18. The van der Waals surface area contributed by atoms with Crippen LogP contribution in [0.1, 0.15) is 11.4 Å². The number of nitrogens with zero attached hydrogens (tertiary/aromatic N) is 3. The number of benzene rings is 1. The maximum Gasteiger partial charge on any atom is 0.160 e. The zero-order valence-electron chi connectivity index (χ0n) is 16.0. The lowest BCUT2D eigenvalue weighted by molar-refractivity contribution is 0.0384. The highest BCUT2D eigenvalue weighted by molar-refractivity contribution is 5.95. The lowest BCUT2D eigenvalue weighted by Crippen LogP contribution is -2.37. The fourth-order valence-electron chi connectivity index (χ4n) is 3.92. The third-order valence-electron chi connectivity index (χ3n) is 5.39. The van der Waals surface area contributed by atoms with Crippen LogP contribution >= 0.6 is 0 Å². The highest BCUT2D eigenvalue weighted by atomic mass is 16.5. The Morgan fingerprint density at radius 2 is 1.96 bits per heavy atom. The molecule has 4 aromatic rings. The molecule has 1 fully saturated rings. The first-order valence-corrected chi connectivity index (χ1v) is 9.71. The quantitative estimate of drug-likeness (QED) is 0.509. The zero-order chi connectivity index (χ0) is 19.1. The summed E-state index contributed by atoms with van der Waals surface area (Å²) in [5.74, 6) is 1.31. The summed E-state index contributed by atoms with van der Waals surface area (Å²) < 4.78 is 5.43. The molecule has 0 spiro atoms. The van der Waals surface area contributed by atoms with Crippen molar-refractivity contribution in [3.05, 3.63) is 41.7 Å². The molecule has 0 bridgehead atoms. The van der Waals surface area contributed by atoms with Crippen LogP contribution in [0, 0.1) is 6.92 Å². The molecule has 1 saturated heterocycles. The molecule has 0 amide bonds. The van der Waals surface area contributed by atoms with E-state index >= 15 is 0 Å². The summed E-state index contributed by atoms with van der Waals surface area (Å²) in [4.78, 5) is 18.1. The number of aromatic nitrogens is 4. The second kappa shape index (κ2) is 6.92. The van der Waals surface area contributed by atoms with Gasteiger partial charge in [-0.2, -0.15) is 0 Å². The molecule has 7 heteroatoms. The third kappa shape index (κ3) is 3.23. The smallest absolute Gasteiger partial charge is 0.160 e. The number of pyridine rings is 1. The van der Waals surface area contributed by atoms with Crippen molar-refractivity contribution < 1.29 is 4.74 Å². The van der Waals surface area contributed by atoms with Gasteiger partial charge in [-0.25, -0.2) is 9.97 Å². The molecule has 0 saturated carbocycles. The number of aromatic amines is 2. The minimum absolute atomic E-state index is 0.482. The van der Waals surface area contributed by atoms with Gasteiger partial charge in [-0.1, -0.05) is 12.1 Å². The average molecular weight is 376 g/mol. The van der Waals surface area contributed by atoms with E-state index in [0.29, 0.717) is 5.82 Å². The van der Waals surface area contributed by atoms with Crippen molar-refractivity contribution in [2.75, 3.05) is 38.6 Å². The van der Waals surface area contributed by atoms with Crippen molar-refractivity contribution in [2.45, 2.75) is 13.3 Å². The molecule has 0 radical (unpaired) electrons. The van der Waals surface area contributed by atoms with Crippen LogP contribution in [0.15, 0.2) is 30.3 Å². The van der Waals surface area contributed by atoms with Crippen LogP contribution in [0.4, 0.5) is 5.82 Å². The Morgan fingerprint density at radius 1 is 1.11 bits per heavy atom. The molecule has 28 heavy (non-hydrogen) atoms. The van der Waals surface area contributed by atoms with E-state index in [4.69, 9.17) is 10.5 Å². The Labute approximate surface area is 162 Å². The van der Waals surface area contributed by atoms with Crippen molar-refractivity contribution in [1.82, 2.24) is 24.8 Å². The number of hydrogen-bond acceptors (Lipinski definition) is 5. The summed E-state index contributed by atoms with van der Waals surface area (Å²) in [7, 11) is 0. The van der Waals surface area contributed by atoms with Gasteiger partial charge in [0.1, 0.15) is 17.2 Å². The highest BCUT2D eigenvalue weighted by Crippen LogP contribution is 2.30. The molecule has 0 unspecified atom stereocenters. The number of nitrogens with two attached hydrogens (primary N) is 1. The van der Waals surface area contributed by atoms with Crippen molar-refractivity contribution >= 4 is 27.9 Å². The Bertz CT molecular complexity index is 1140. The lowest BCUT2D eigenvalue weighted by atomic mass is 10.1. The highest BCUT2D eigenvalue weighted by Gasteiger charge is 2.14. The topological polar surface area (TPSA) is 95.8 Å². The van der Waals surface area contributed by atoms with Gasteiger partial charge in [-0.15, -0.1) is 0 Å². The lowest BCUT2D eigenvalue weighted by Gasteiger charge is -2.26. The van der Waals surface area contributed by atoms with Gasteiger partial charge in [0.25, 0.3) is 0 Å². The second-order valence-electron chi connectivity index (χ2n) is 7.42. The molecule has 5 rings (SSSR count). The first-order valence-electron chi connectivity index (χ1n) is 9.71. The number of nitrogen functional groups attached to an aromatic ring is 1. The van der Waals surface area contributed by atoms with E-state index in [0.717, 1.165) is 73.0 Å². The molecule has 1 aliphatic heterocycles. The fraction of sp³-hybridized carbons (Fsp3) is 0.333. The van der Waals surface area contributed by atoms with E-state index in [-0.39, 0.29) is 0 Å². The number of fused-ring (bicyclic) bond motifs is 2. The third-order valence-corrected chi connectivity index (χ3v) is 5.39. The molecule has 144 valence electrons. The molecular weight excluding hydrogens is 352 g/mol. The maximum absolute atomic E-state index is 6.01. The van der Waals surface area contributed by atoms with Crippen LogP contribution in [-0.4, -0.2) is 57.7 Å². The van der Waals surface area contributed by atoms with Crippen LogP contribution in [0.5, 0.6) is 0 Å². The average Bonchev–Trinajstić information content (AvgIpc) is 3.28. The number of anilines is 1. The number of imidazole rings is 1. The van der Waals surface area contributed by atoms with Gasteiger partial charge in [-0.05, 0) is 37.1 Å². The van der Waals surface area contributed by atoms with Crippen molar-refractivity contribution in [2.24, 2.45) is 0 Å². The number of H-pyrrole nitrogens is 2. The van der Waals surface area contributed by atoms with E-state index in [1.54, 1.807) is 0 Å². The maximum atomic E-state index is 6.01. The van der Waals surface area contributed by atoms with Gasteiger partial charge >= 0.3 is 0 Å². The summed E-state index contributed by atoms with van der Waals surface area (Å²) in [6.45, 7) is 6.73. The molecule has 1 aliphatic rings. The van der Waals surface area contributed by atoms with Gasteiger partial charge in [-0.3, -0.25) is 4.90 Å². The predicted octanol–water partition coefficient (Wildman–Crippen LogP) is 2.87. The number of aryl methyl sites for hydroxylation is 1. The first kappa shape index (κ1) is 17.2. The molecule has 7 nitrogen and oxygen atoms in total. The van der Waals surface area contributed by atoms with E-state index in [1.807, 2.05) is 13.0 Å². The first-order chi connectivity index (χ1) is 13.7. The summed E-state index contributed by atoms with van der Waals surface area (Å²) in [6, 6.07) is 10.7. The van der Waals surface area contributed by atoms with E-state index in [1.165, 1.54) is 10.9 Å². The normalized spacial score (nSPS) is 15.6. The molecular formula is C21H24N6O. The monoisotopic (exact) mass is 376 g/mol. The Balaban J connectivity index is 1.45. The fourth-order valence-corrected chi connectivity index (χ4v) is 3.92. The van der Waals surface area contributed by atoms with Crippen molar-refractivity contribution in [3.8, 4) is 11.3 Å². The van der Waals surface area contributed by atoms with Crippen LogP contribution in [0.25, 0.3) is 33.3 Å². The molecule has 1 aromatic carbocycles. The van der Waals surface area contributed by atoms with Crippen LogP contribution in [0.3, 0.4) is 0 Å². The Hall–Kier alpha value is -2.90. The van der Waals surface area contributed by atoms with Crippen molar-refractivity contribution in [3.63, 3.8) is 0 Å². The van der Waals surface area contributed by atoms with Gasteiger partial charge in [0.2, 0.25) is 0 Å². The predicted molar refractivity (Wildman–Crippen MR) is 111 cm³/mol. The minimum atomic E-state index is 0.482. The van der Waals surface area contributed by atoms with E-state index in [9.17, 15) is 0 Å².